The first kappa shape index (κ1) is 18.9. The van der Waals surface area contributed by atoms with Crippen LogP contribution in [0.3, 0.4) is 0 Å². The molecule has 1 aromatic carbocycles. The Hall–Kier alpha value is -1.88. The van der Waals surface area contributed by atoms with Gasteiger partial charge in [-0.2, -0.15) is 0 Å². The van der Waals surface area contributed by atoms with Crippen LogP contribution >= 0.6 is 0 Å². The highest BCUT2D eigenvalue weighted by Gasteiger charge is 2.46. The molecule has 1 aromatic rings. The average molecular weight is 358 g/mol. The molecule has 0 aromatic heterocycles. The standard InChI is InChI=1S/C21H30N2O3/c1-16(2)14-23-15-21(13-18(23)24)9-11-22(12-10-21)19(20(25)26-3)17-7-5-4-6-8-17/h4-8,16,19H,9-15H2,1-3H3. The van der Waals surface area contributed by atoms with E-state index in [2.05, 4.69) is 18.7 Å². The number of benzene rings is 1. The van der Waals surface area contributed by atoms with E-state index in [9.17, 15) is 9.59 Å². The molecule has 1 unspecified atom stereocenters. The maximum absolute atomic E-state index is 12.4. The van der Waals surface area contributed by atoms with Crippen molar-refractivity contribution >= 4 is 11.9 Å². The van der Waals surface area contributed by atoms with Crippen molar-refractivity contribution in [3.63, 3.8) is 0 Å². The number of ether oxygens (including phenoxy) is 1. The summed E-state index contributed by atoms with van der Waals surface area (Å²) in [4.78, 5) is 29.1. The quantitative estimate of drug-likeness (QED) is 0.760. The van der Waals surface area contributed by atoms with Gasteiger partial charge >= 0.3 is 5.97 Å². The minimum absolute atomic E-state index is 0.0832. The Morgan fingerprint density at radius 2 is 1.85 bits per heavy atom. The van der Waals surface area contributed by atoms with Gasteiger partial charge in [-0.3, -0.25) is 9.69 Å². The molecule has 2 heterocycles. The lowest BCUT2D eigenvalue weighted by Gasteiger charge is -2.41. The molecule has 5 nitrogen and oxygen atoms in total. The number of nitrogens with zero attached hydrogens (tertiary/aromatic N) is 2. The summed E-state index contributed by atoms with van der Waals surface area (Å²) in [5.74, 6) is 0.576. The van der Waals surface area contributed by atoms with Crippen molar-refractivity contribution in [2.45, 2.75) is 39.2 Å². The number of piperidine rings is 1. The van der Waals surface area contributed by atoms with Crippen molar-refractivity contribution in [1.29, 1.82) is 0 Å². The smallest absolute Gasteiger partial charge is 0.327 e. The number of amides is 1. The number of hydrogen-bond acceptors (Lipinski definition) is 4. The molecule has 0 bridgehead atoms. The fraction of sp³-hybridized carbons (Fsp3) is 0.619. The predicted molar refractivity (Wildman–Crippen MR) is 100 cm³/mol. The van der Waals surface area contributed by atoms with Crippen molar-refractivity contribution in [1.82, 2.24) is 9.80 Å². The third-order valence-corrected chi connectivity index (χ3v) is 5.75. The Labute approximate surface area is 156 Å². The fourth-order valence-corrected chi connectivity index (χ4v) is 4.42. The first-order chi connectivity index (χ1) is 12.4. The van der Waals surface area contributed by atoms with E-state index in [1.54, 1.807) is 0 Å². The summed E-state index contributed by atoms with van der Waals surface area (Å²) >= 11 is 0. The molecule has 2 saturated heterocycles. The van der Waals surface area contributed by atoms with Crippen LogP contribution in [0.5, 0.6) is 0 Å². The van der Waals surface area contributed by atoms with Crippen LogP contribution in [0.1, 0.15) is 44.7 Å². The highest BCUT2D eigenvalue weighted by atomic mass is 16.5. The molecule has 1 amide bonds. The molecular weight excluding hydrogens is 328 g/mol. The number of carbonyl (C=O) groups excluding carboxylic acids is 2. The van der Waals surface area contributed by atoms with Crippen LogP contribution in [0.15, 0.2) is 30.3 Å². The first-order valence-electron chi connectivity index (χ1n) is 9.59. The van der Waals surface area contributed by atoms with Crippen molar-refractivity contribution in [2.75, 3.05) is 33.3 Å². The van der Waals surface area contributed by atoms with Gasteiger partial charge in [0.2, 0.25) is 5.91 Å². The Morgan fingerprint density at radius 3 is 2.42 bits per heavy atom. The number of hydrogen-bond donors (Lipinski definition) is 0. The second kappa shape index (κ2) is 7.78. The molecule has 5 heteroatoms. The van der Waals surface area contributed by atoms with Crippen LogP contribution in [0.4, 0.5) is 0 Å². The normalized spacial score (nSPS) is 21.4. The van der Waals surface area contributed by atoms with Gasteiger partial charge in [-0.1, -0.05) is 44.2 Å². The molecule has 2 aliphatic heterocycles. The zero-order valence-electron chi connectivity index (χ0n) is 16.1. The second-order valence-corrected chi connectivity index (χ2v) is 8.22. The molecule has 2 fully saturated rings. The van der Waals surface area contributed by atoms with Gasteiger partial charge in [0, 0.05) is 19.5 Å². The summed E-state index contributed by atoms with van der Waals surface area (Å²) in [6, 6.07) is 9.47. The van der Waals surface area contributed by atoms with Crippen LogP contribution in [0.25, 0.3) is 0 Å². The van der Waals surface area contributed by atoms with E-state index in [4.69, 9.17) is 4.74 Å². The van der Waals surface area contributed by atoms with Gasteiger partial charge in [-0.25, -0.2) is 4.79 Å². The highest BCUT2D eigenvalue weighted by Crippen LogP contribution is 2.42. The number of likely N-dealkylation sites (tertiary alicyclic amines) is 2. The van der Waals surface area contributed by atoms with Crippen molar-refractivity contribution in [3.8, 4) is 0 Å². The Bertz CT molecular complexity index is 636. The first-order valence-corrected chi connectivity index (χ1v) is 9.59. The summed E-state index contributed by atoms with van der Waals surface area (Å²) < 4.78 is 5.07. The second-order valence-electron chi connectivity index (χ2n) is 8.22. The zero-order valence-corrected chi connectivity index (χ0v) is 16.1. The largest absolute Gasteiger partial charge is 0.468 e. The van der Waals surface area contributed by atoms with Gasteiger partial charge in [-0.05, 0) is 42.8 Å². The number of rotatable bonds is 5. The molecule has 0 aliphatic carbocycles. The molecule has 1 spiro atoms. The molecule has 3 rings (SSSR count). The molecule has 26 heavy (non-hydrogen) atoms. The topological polar surface area (TPSA) is 49.9 Å². The Balaban J connectivity index is 1.69. The van der Waals surface area contributed by atoms with Gasteiger partial charge in [0.15, 0.2) is 0 Å². The van der Waals surface area contributed by atoms with Gasteiger partial charge in [-0.15, -0.1) is 0 Å². The highest BCUT2D eigenvalue weighted by molar-refractivity contribution is 5.79. The predicted octanol–water partition coefficient (Wildman–Crippen LogP) is 2.87. The lowest BCUT2D eigenvalue weighted by Crippen LogP contribution is -2.45. The van der Waals surface area contributed by atoms with E-state index in [-0.39, 0.29) is 17.4 Å². The van der Waals surface area contributed by atoms with Gasteiger partial charge in [0.25, 0.3) is 0 Å². The Morgan fingerprint density at radius 1 is 1.19 bits per heavy atom. The molecule has 0 saturated carbocycles. The van der Waals surface area contributed by atoms with Crippen molar-refractivity contribution in [3.05, 3.63) is 35.9 Å². The fourth-order valence-electron chi connectivity index (χ4n) is 4.42. The molecule has 0 N–H and O–H groups in total. The number of methoxy groups -OCH3 is 1. The lowest BCUT2D eigenvalue weighted by molar-refractivity contribution is -0.148. The molecular formula is C21H30N2O3. The van der Waals surface area contributed by atoms with Crippen molar-refractivity contribution < 1.29 is 14.3 Å². The van der Waals surface area contributed by atoms with Crippen molar-refractivity contribution in [2.24, 2.45) is 11.3 Å². The maximum atomic E-state index is 12.4. The van der Waals surface area contributed by atoms with Crippen LogP contribution in [0.2, 0.25) is 0 Å². The molecule has 1 atom stereocenters. The van der Waals surface area contributed by atoms with Crippen LogP contribution in [0, 0.1) is 11.3 Å². The summed E-state index contributed by atoms with van der Waals surface area (Å²) in [5, 5.41) is 0. The van der Waals surface area contributed by atoms with E-state index in [1.165, 1.54) is 7.11 Å². The van der Waals surface area contributed by atoms with E-state index in [0.29, 0.717) is 18.2 Å². The molecule has 142 valence electrons. The van der Waals surface area contributed by atoms with Gasteiger partial charge in [0.05, 0.1) is 7.11 Å². The lowest BCUT2D eigenvalue weighted by atomic mass is 9.77. The minimum Gasteiger partial charge on any atom is -0.468 e. The third kappa shape index (κ3) is 3.93. The van der Waals surface area contributed by atoms with Gasteiger partial charge < -0.3 is 9.64 Å². The van der Waals surface area contributed by atoms with Gasteiger partial charge in [0.1, 0.15) is 6.04 Å². The maximum Gasteiger partial charge on any atom is 0.327 e. The summed E-state index contributed by atoms with van der Waals surface area (Å²) in [5.41, 5.74) is 1.05. The Kier molecular flexibility index (Phi) is 5.66. The zero-order chi connectivity index (χ0) is 18.7. The summed E-state index contributed by atoms with van der Waals surface area (Å²) in [6.45, 7) is 7.66. The number of esters is 1. The SMILES string of the molecule is COC(=O)C(c1ccccc1)N1CCC2(CC1)CC(=O)N(CC(C)C)C2. The molecule has 0 radical (unpaired) electrons. The van der Waals surface area contributed by atoms with Crippen LogP contribution in [-0.4, -0.2) is 55.0 Å². The van der Waals surface area contributed by atoms with Crippen LogP contribution < -0.4 is 0 Å². The molecule has 2 aliphatic rings. The van der Waals surface area contributed by atoms with E-state index in [1.807, 2.05) is 35.2 Å². The summed E-state index contributed by atoms with van der Waals surface area (Å²) in [7, 11) is 1.45. The van der Waals surface area contributed by atoms with E-state index < -0.39 is 0 Å². The third-order valence-electron chi connectivity index (χ3n) is 5.75. The number of carbonyl (C=O) groups is 2. The van der Waals surface area contributed by atoms with Crippen LogP contribution in [-0.2, 0) is 14.3 Å². The summed E-state index contributed by atoms with van der Waals surface area (Å²) in [6.07, 6.45) is 2.56. The van der Waals surface area contributed by atoms with E-state index in [0.717, 1.165) is 44.6 Å². The van der Waals surface area contributed by atoms with E-state index >= 15 is 0 Å². The monoisotopic (exact) mass is 358 g/mol. The average Bonchev–Trinajstić information content (AvgIpc) is 2.92. The minimum atomic E-state index is -0.359.